The third-order valence-electron chi connectivity index (χ3n) is 4.87. The van der Waals surface area contributed by atoms with Crippen LogP contribution < -0.4 is 0 Å². The zero-order valence-corrected chi connectivity index (χ0v) is 18.9. The topological polar surface area (TPSA) is 79.7 Å². The van der Waals surface area contributed by atoms with Gasteiger partial charge in [-0.05, 0) is 31.2 Å². The molecule has 0 spiro atoms. The Morgan fingerprint density at radius 3 is 2.68 bits per heavy atom. The summed E-state index contributed by atoms with van der Waals surface area (Å²) >= 11 is 12.5. The van der Waals surface area contributed by atoms with E-state index in [9.17, 15) is 8.42 Å². The third-order valence-corrected chi connectivity index (χ3v) is 6.71. The lowest BCUT2D eigenvalue weighted by molar-refractivity contribution is -0.189. The number of aromatic nitrogens is 2. The average molecular weight is 483 g/mol. The van der Waals surface area contributed by atoms with Crippen molar-refractivity contribution < 1.29 is 22.1 Å². The fourth-order valence-corrected chi connectivity index (χ4v) is 4.80. The lowest BCUT2D eigenvalue weighted by atomic mass is 10.1. The molecule has 0 bridgehead atoms. The molecular formula is C21H20Cl2N2O5S. The molecule has 0 amide bonds. The minimum Gasteiger partial charge on any atom is -0.342 e. The number of imidazole rings is 1. The molecule has 4 rings (SSSR count). The van der Waals surface area contributed by atoms with Gasteiger partial charge < -0.3 is 14.0 Å². The van der Waals surface area contributed by atoms with Crippen LogP contribution in [0.2, 0.25) is 10.0 Å². The number of rotatable bonds is 7. The highest BCUT2D eigenvalue weighted by Crippen LogP contribution is 2.40. The number of nitrogens with zero attached hydrogens (tertiary/aromatic N) is 2. The number of halogens is 2. The van der Waals surface area contributed by atoms with Crippen LogP contribution in [0.4, 0.5) is 0 Å². The second-order valence-electron chi connectivity index (χ2n) is 7.21. The summed E-state index contributed by atoms with van der Waals surface area (Å²) in [6.45, 7) is 2.06. The van der Waals surface area contributed by atoms with Crippen LogP contribution in [0.25, 0.3) is 0 Å². The van der Waals surface area contributed by atoms with Crippen LogP contribution in [-0.4, -0.2) is 37.3 Å². The van der Waals surface area contributed by atoms with E-state index in [-0.39, 0.29) is 24.7 Å². The predicted octanol–water partition coefficient (Wildman–Crippen LogP) is 4.17. The van der Waals surface area contributed by atoms with Gasteiger partial charge in [-0.25, -0.2) is 4.98 Å². The summed E-state index contributed by atoms with van der Waals surface area (Å²) in [5.74, 6) is -1.25. The SMILES string of the molecule is Cc1ccc(S(=O)(=O)OC[C@H]2COC(Cn3ccnc3)(c3ccc(Cl)cc3Cl)O2)cc1. The highest BCUT2D eigenvalue weighted by atomic mass is 35.5. The van der Waals surface area contributed by atoms with Crippen molar-refractivity contribution in [2.75, 3.05) is 13.2 Å². The zero-order valence-electron chi connectivity index (χ0n) is 16.6. The first-order chi connectivity index (χ1) is 14.8. The molecule has 10 heteroatoms. The molecule has 7 nitrogen and oxygen atoms in total. The molecule has 1 unspecified atom stereocenters. The molecule has 1 fully saturated rings. The van der Waals surface area contributed by atoms with Gasteiger partial charge in [-0.2, -0.15) is 8.42 Å². The number of hydrogen-bond donors (Lipinski definition) is 0. The Hall–Kier alpha value is -1.94. The molecule has 0 N–H and O–H groups in total. The Bertz CT molecular complexity index is 1150. The van der Waals surface area contributed by atoms with Crippen molar-refractivity contribution in [2.24, 2.45) is 0 Å². The maximum atomic E-state index is 12.5. The first-order valence-corrected chi connectivity index (χ1v) is 11.6. The van der Waals surface area contributed by atoms with E-state index in [4.69, 9.17) is 36.9 Å². The van der Waals surface area contributed by atoms with Crippen LogP contribution in [0.3, 0.4) is 0 Å². The molecular weight excluding hydrogens is 463 g/mol. The summed E-state index contributed by atoms with van der Waals surface area (Å²) in [7, 11) is -3.92. The Kier molecular flexibility index (Phi) is 6.39. The summed E-state index contributed by atoms with van der Waals surface area (Å²) in [6.07, 6.45) is 4.41. The predicted molar refractivity (Wildman–Crippen MR) is 116 cm³/mol. The summed E-state index contributed by atoms with van der Waals surface area (Å²) in [5.41, 5.74) is 1.53. The Balaban J connectivity index is 1.53. The monoisotopic (exact) mass is 482 g/mol. The average Bonchev–Trinajstić information content (AvgIpc) is 3.38. The van der Waals surface area contributed by atoms with E-state index in [0.29, 0.717) is 15.6 Å². The van der Waals surface area contributed by atoms with E-state index < -0.39 is 22.0 Å². The highest BCUT2D eigenvalue weighted by molar-refractivity contribution is 7.86. The van der Waals surface area contributed by atoms with Crippen molar-refractivity contribution in [2.45, 2.75) is 30.3 Å². The highest BCUT2D eigenvalue weighted by Gasteiger charge is 2.45. The number of aryl methyl sites for hydroxylation is 1. The zero-order chi connectivity index (χ0) is 22.1. The standard InChI is InChI=1S/C21H20Cl2N2O5S/c1-15-2-5-18(6-3-15)31(26,27)29-12-17-11-28-21(30-17,13-25-9-8-24-14-25)19-7-4-16(22)10-20(19)23/h2-10,14,17H,11-13H2,1H3/t17-,21?/m1/s1. The maximum absolute atomic E-state index is 12.5. The summed E-state index contributed by atoms with van der Waals surface area (Å²) in [6, 6.07) is 11.5. The van der Waals surface area contributed by atoms with E-state index >= 15 is 0 Å². The number of hydrogen-bond acceptors (Lipinski definition) is 6. The molecule has 2 aromatic carbocycles. The van der Waals surface area contributed by atoms with Gasteiger partial charge in [0.05, 0.1) is 36.0 Å². The van der Waals surface area contributed by atoms with Crippen LogP contribution in [0, 0.1) is 6.92 Å². The van der Waals surface area contributed by atoms with E-state index in [1.807, 2.05) is 6.92 Å². The van der Waals surface area contributed by atoms with Crippen molar-refractivity contribution in [3.63, 3.8) is 0 Å². The molecule has 0 aliphatic carbocycles. The minimum absolute atomic E-state index is 0.0856. The van der Waals surface area contributed by atoms with Crippen LogP contribution in [0.5, 0.6) is 0 Å². The van der Waals surface area contributed by atoms with E-state index in [2.05, 4.69) is 4.98 Å². The van der Waals surface area contributed by atoms with E-state index in [0.717, 1.165) is 5.56 Å². The Labute approximate surface area is 190 Å². The van der Waals surface area contributed by atoms with Gasteiger partial charge in [0.1, 0.15) is 6.10 Å². The maximum Gasteiger partial charge on any atom is 0.297 e. The quantitative estimate of drug-likeness (QED) is 0.470. The lowest BCUT2D eigenvalue weighted by Gasteiger charge is -2.29. The van der Waals surface area contributed by atoms with Crippen LogP contribution in [-0.2, 0) is 36.1 Å². The molecule has 2 heterocycles. The summed E-state index contributed by atoms with van der Waals surface area (Å²) in [5, 5.41) is 0.857. The first kappa shape index (κ1) is 22.3. The van der Waals surface area contributed by atoms with Crippen molar-refractivity contribution in [3.8, 4) is 0 Å². The number of benzene rings is 2. The van der Waals surface area contributed by atoms with Gasteiger partial charge in [0.25, 0.3) is 10.1 Å². The van der Waals surface area contributed by atoms with Crippen LogP contribution in [0.1, 0.15) is 11.1 Å². The van der Waals surface area contributed by atoms with Crippen molar-refractivity contribution in [3.05, 3.63) is 82.4 Å². The van der Waals surface area contributed by atoms with Gasteiger partial charge in [0, 0.05) is 23.0 Å². The van der Waals surface area contributed by atoms with E-state index in [1.165, 1.54) is 12.1 Å². The molecule has 1 aromatic heterocycles. The van der Waals surface area contributed by atoms with Gasteiger partial charge in [0.15, 0.2) is 0 Å². The lowest BCUT2D eigenvalue weighted by Crippen LogP contribution is -2.34. The van der Waals surface area contributed by atoms with Gasteiger partial charge in [-0.1, -0.05) is 47.0 Å². The van der Waals surface area contributed by atoms with Gasteiger partial charge in [-0.3, -0.25) is 4.18 Å². The second kappa shape index (κ2) is 8.90. The van der Waals surface area contributed by atoms with Crippen molar-refractivity contribution in [1.82, 2.24) is 9.55 Å². The smallest absolute Gasteiger partial charge is 0.297 e. The number of ether oxygens (including phenoxy) is 2. The van der Waals surface area contributed by atoms with E-state index in [1.54, 1.807) is 53.6 Å². The van der Waals surface area contributed by atoms with Gasteiger partial charge >= 0.3 is 0 Å². The molecule has 1 aliphatic heterocycles. The molecule has 2 atom stereocenters. The second-order valence-corrected chi connectivity index (χ2v) is 9.67. The Morgan fingerprint density at radius 2 is 2.00 bits per heavy atom. The van der Waals surface area contributed by atoms with Gasteiger partial charge in [-0.15, -0.1) is 0 Å². The molecule has 1 saturated heterocycles. The van der Waals surface area contributed by atoms with Gasteiger partial charge in [0.2, 0.25) is 5.79 Å². The molecule has 3 aromatic rings. The third kappa shape index (κ3) is 4.95. The minimum atomic E-state index is -3.92. The fraction of sp³-hybridized carbons (Fsp3) is 0.286. The normalized spacial score (nSPS) is 21.5. The first-order valence-electron chi connectivity index (χ1n) is 9.47. The molecule has 164 valence electrons. The largest absolute Gasteiger partial charge is 0.342 e. The van der Waals surface area contributed by atoms with Crippen molar-refractivity contribution in [1.29, 1.82) is 0 Å². The summed E-state index contributed by atoms with van der Waals surface area (Å²) in [4.78, 5) is 4.13. The van der Waals surface area contributed by atoms with Crippen LogP contribution in [0.15, 0.2) is 66.1 Å². The molecule has 31 heavy (non-hydrogen) atoms. The van der Waals surface area contributed by atoms with Crippen LogP contribution >= 0.6 is 23.2 Å². The molecule has 0 radical (unpaired) electrons. The van der Waals surface area contributed by atoms with Crippen molar-refractivity contribution >= 4 is 33.3 Å². The fourth-order valence-electron chi connectivity index (χ4n) is 3.31. The Morgan fingerprint density at radius 1 is 1.23 bits per heavy atom. The molecule has 1 aliphatic rings. The molecule has 0 saturated carbocycles. The summed E-state index contributed by atoms with van der Waals surface area (Å²) < 4.78 is 44.3.